The molecule has 0 amide bonds. The molecule has 0 aliphatic carbocycles. The molecule has 18 heavy (non-hydrogen) atoms. The van der Waals surface area contributed by atoms with E-state index in [0.717, 1.165) is 0 Å². The Bertz CT molecular complexity index is 391. The predicted molar refractivity (Wildman–Crippen MR) is 71.9 cm³/mol. The first kappa shape index (κ1) is 14.8. The Hall–Kier alpha value is -1.26. The zero-order valence-electron chi connectivity index (χ0n) is 11.5. The lowest BCUT2D eigenvalue weighted by molar-refractivity contribution is -0.0103. The van der Waals surface area contributed by atoms with Gasteiger partial charge in [0.05, 0.1) is 5.60 Å². The minimum atomic E-state index is -0.255. The van der Waals surface area contributed by atoms with Crippen molar-refractivity contribution in [3.8, 4) is 11.5 Å². The van der Waals surface area contributed by atoms with Crippen molar-refractivity contribution in [2.75, 3.05) is 13.2 Å². The van der Waals surface area contributed by atoms with Crippen LogP contribution in [-0.2, 0) is 4.74 Å². The molecule has 1 aromatic carbocycles. The molecule has 0 fully saturated rings. The molecule has 0 radical (unpaired) electrons. The molecule has 4 nitrogen and oxygen atoms in total. The summed E-state index contributed by atoms with van der Waals surface area (Å²) in [4.78, 5) is 0. The van der Waals surface area contributed by atoms with Crippen molar-refractivity contribution in [3.05, 3.63) is 23.8 Å². The maximum absolute atomic E-state index is 9.76. The third-order valence-electron chi connectivity index (χ3n) is 2.85. The van der Waals surface area contributed by atoms with Gasteiger partial charge >= 0.3 is 0 Å². The van der Waals surface area contributed by atoms with E-state index in [0.29, 0.717) is 18.7 Å². The van der Waals surface area contributed by atoms with E-state index >= 15 is 0 Å². The Morgan fingerprint density at radius 2 is 2.00 bits per heavy atom. The van der Waals surface area contributed by atoms with Gasteiger partial charge in [-0.15, -0.1) is 0 Å². The van der Waals surface area contributed by atoms with Gasteiger partial charge in [-0.1, -0.05) is 0 Å². The number of ether oxygens (including phenoxy) is 1. The largest absolute Gasteiger partial charge is 0.508 e. The van der Waals surface area contributed by atoms with Crippen LogP contribution in [0.4, 0.5) is 0 Å². The van der Waals surface area contributed by atoms with E-state index in [9.17, 15) is 10.2 Å². The van der Waals surface area contributed by atoms with Gasteiger partial charge in [-0.25, -0.2) is 0 Å². The molecule has 4 heteroatoms. The number of hydrogen-bond acceptors (Lipinski definition) is 4. The highest BCUT2D eigenvalue weighted by molar-refractivity contribution is 5.40. The number of nitrogens with one attached hydrogen (secondary N) is 1. The molecule has 0 saturated heterocycles. The van der Waals surface area contributed by atoms with E-state index in [1.165, 1.54) is 12.1 Å². The molecule has 0 aromatic heterocycles. The summed E-state index contributed by atoms with van der Waals surface area (Å²) >= 11 is 0. The number of phenolic OH excluding ortho intramolecular Hbond substituents is 2. The number of hydrogen-bond donors (Lipinski definition) is 3. The first-order valence-corrected chi connectivity index (χ1v) is 6.25. The smallest absolute Gasteiger partial charge is 0.120 e. The first-order chi connectivity index (χ1) is 8.35. The lowest BCUT2D eigenvalue weighted by atomic mass is 10.0. The molecule has 0 bridgehead atoms. The number of aromatic hydroxyl groups is 2. The summed E-state index contributed by atoms with van der Waals surface area (Å²) in [6.07, 6.45) is 0. The van der Waals surface area contributed by atoms with Crippen LogP contribution in [-0.4, -0.2) is 29.0 Å². The molecular formula is C14H23NO3. The normalized spacial score (nSPS) is 13.6. The zero-order chi connectivity index (χ0) is 13.8. The van der Waals surface area contributed by atoms with Crippen molar-refractivity contribution in [1.82, 2.24) is 5.32 Å². The van der Waals surface area contributed by atoms with Gasteiger partial charge in [-0.3, -0.25) is 0 Å². The highest BCUT2D eigenvalue weighted by atomic mass is 16.5. The molecular weight excluding hydrogens is 230 g/mol. The molecule has 0 saturated carbocycles. The molecule has 0 aliphatic heterocycles. The van der Waals surface area contributed by atoms with Gasteiger partial charge in [0.25, 0.3) is 0 Å². The van der Waals surface area contributed by atoms with Gasteiger partial charge in [-0.2, -0.15) is 0 Å². The molecule has 0 heterocycles. The van der Waals surface area contributed by atoms with E-state index in [1.807, 2.05) is 27.7 Å². The molecule has 3 N–H and O–H groups in total. The van der Waals surface area contributed by atoms with E-state index in [4.69, 9.17) is 4.74 Å². The molecule has 102 valence electrons. The molecule has 1 rings (SSSR count). The summed E-state index contributed by atoms with van der Waals surface area (Å²) in [6.45, 7) is 9.26. The fourth-order valence-electron chi connectivity index (χ4n) is 1.84. The van der Waals surface area contributed by atoms with Crippen LogP contribution < -0.4 is 5.32 Å². The van der Waals surface area contributed by atoms with Crippen LogP contribution in [0, 0.1) is 0 Å². The Morgan fingerprint density at radius 1 is 1.33 bits per heavy atom. The van der Waals surface area contributed by atoms with Gasteiger partial charge in [0.1, 0.15) is 11.5 Å². The molecule has 0 spiro atoms. The monoisotopic (exact) mass is 253 g/mol. The van der Waals surface area contributed by atoms with E-state index in [1.54, 1.807) is 6.07 Å². The van der Waals surface area contributed by atoms with E-state index in [2.05, 4.69) is 5.32 Å². The highest BCUT2D eigenvalue weighted by Gasteiger charge is 2.19. The number of phenols is 2. The van der Waals surface area contributed by atoms with Crippen LogP contribution in [0.25, 0.3) is 0 Å². The van der Waals surface area contributed by atoms with Gasteiger partial charge in [0, 0.05) is 24.8 Å². The van der Waals surface area contributed by atoms with Crippen molar-refractivity contribution in [1.29, 1.82) is 0 Å². The second kappa shape index (κ2) is 6.07. The maximum Gasteiger partial charge on any atom is 0.120 e. The minimum Gasteiger partial charge on any atom is -0.508 e. The maximum atomic E-state index is 9.76. The standard InChI is InChI=1S/C14H23NO3/c1-5-18-14(3,4)9-15-10(2)12-8-11(16)6-7-13(12)17/h6-8,10,15-17H,5,9H2,1-4H3. The second-order valence-electron chi connectivity index (χ2n) is 5.04. The van der Waals surface area contributed by atoms with Crippen molar-refractivity contribution in [3.63, 3.8) is 0 Å². The van der Waals surface area contributed by atoms with Crippen molar-refractivity contribution >= 4 is 0 Å². The summed E-state index contributed by atoms with van der Waals surface area (Å²) in [5, 5.41) is 22.5. The van der Waals surface area contributed by atoms with Crippen LogP contribution in [0.5, 0.6) is 11.5 Å². The van der Waals surface area contributed by atoms with Crippen molar-refractivity contribution < 1.29 is 14.9 Å². The van der Waals surface area contributed by atoms with Crippen molar-refractivity contribution in [2.24, 2.45) is 0 Å². The Balaban J connectivity index is 2.65. The number of rotatable bonds is 6. The average molecular weight is 253 g/mol. The first-order valence-electron chi connectivity index (χ1n) is 6.25. The Morgan fingerprint density at radius 3 is 2.61 bits per heavy atom. The molecule has 1 unspecified atom stereocenters. The molecule has 1 aromatic rings. The minimum absolute atomic E-state index is 0.0585. The summed E-state index contributed by atoms with van der Waals surface area (Å²) in [6, 6.07) is 4.48. The Labute approximate surface area is 109 Å². The van der Waals surface area contributed by atoms with Crippen molar-refractivity contribution in [2.45, 2.75) is 39.3 Å². The van der Waals surface area contributed by atoms with Gasteiger partial charge < -0.3 is 20.3 Å². The van der Waals surface area contributed by atoms with Crippen LogP contribution in [0.1, 0.15) is 39.3 Å². The highest BCUT2D eigenvalue weighted by Crippen LogP contribution is 2.27. The summed E-state index contributed by atoms with van der Waals surface area (Å²) in [5.74, 6) is 0.336. The fraction of sp³-hybridized carbons (Fsp3) is 0.571. The predicted octanol–water partition coefficient (Wildman–Crippen LogP) is 2.56. The summed E-state index contributed by atoms with van der Waals surface area (Å²) < 4.78 is 5.60. The fourth-order valence-corrected chi connectivity index (χ4v) is 1.84. The summed E-state index contributed by atoms with van der Waals surface area (Å²) in [5.41, 5.74) is 0.428. The second-order valence-corrected chi connectivity index (χ2v) is 5.04. The quantitative estimate of drug-likeness (QED) is 0.682. The van der Waals surface area contributed by atoms with Gasteiger partial charge in [0.2, 0.25) is 0 Å². The third kappa shape index (κ3) is 4.20. The zero-order valence-corrected chi connectivity index (χ0v) is 11.5. The summed E-state index contributed by atoms with van der Waals surface area (Å²) in [7, 11) is 0. The van der Waals surface area contributed by atoms with E-state index < -0.39 is 0 Å². The van der Waals surface area contributed by atoms with Crippen LogP contribution in [0.2, 0.25) is 0 Å². The van der Waals surface area contributed by atoms with Crippen LogP contribution in [0.3, 0.4) is 0 Å². The lowest BCUT2D eigenvalue weighted by Gasteiger charge is -2.27. The molecule has 1 atom stereocenters. The average Bonchev–Trinajstić information content (AvgIpc) is 2.29. The van der Waals surface area contributed by atoms with Gasteiger partial charge in [0.15, 0.2) is 0 Å². The van der Waals surface area contributed by atoms with Gasteiger partial charge in [-0.05, 0) is 45.9 Å². The topological polar surface area (TPSA) is 61.7 Å². The van der Waals surface area contributed by atoms with Crippen LogP contribution >= 0.6 is 0 Å². The lowest BCUT2D eigenvalue weighted by Crippen LogP contribution is -2.38. The number of benzene rings is 1. The molecule has 0 aliphatic rings. The van der Waals surface area contributed by atoms with E-state index in [-0.39, 0.29) is 23.1 Å². The Kier molecular flexibility index (Phi) is 4.99. The SMILES string of the molecule is CCOC(C)(C)CNC(C)c1cc(O)ccc1O. The third-order valence-corrected chi connectivity index (χ3v) is 2.85. The van der Waals surface area contributed by atoms with Crippen LogP contribution in [0.15, 0.2) is 18.2 Å².